The largest absolute Gasteiger partial charge is 0.465 e. The Labute approximate surface area is 111 Å². The van der Waals surface area contributed by atoms with Crippen LogP contribution in [-0.4, -0.2) is 49.7 Å². The van der Waals surface area contributed by atoms with E-state index in [9.17, 15) is 4.79 Å². The molecule has 0 radical (unpaired) electrons. The number of nitrogens with zero attached hydrogens (tertiary/aromatic N) is 1. The first-order valence-corrected chi connectivity index (χ1v) is 7.14. The molecule has 4 heteroatoms. The number of hydrogen-bond acceptors (Lipinski definition) is 4. The van der Waals surface area contributed by atoms with Gasteiger partial charge in [0.25, 0.3) is 0 Å². The summed E-state index contributed by atoms with van der Waals surface area (Å²) in [7, 11) is 2.13. The maximum Gasteiger partial charge on any atom is 0.323 e. The van der Waals surface area contributed by atoms with E-state index in [0.29, 0.717) is 12.6 Å². The van der Waals surface area contributed by atoms with Crippen molar-refractivity contribution in [2.45, 2.75) is 52.1 Å². The Morgan fingerprint density at radius 2 is 2.11 bits per heavy atom. The number of carbonyl (C=O) groups excluding carboxylic acids is 1. The highest BCUT2D eigenvalue weighted by Crippen LogP contribution is 2.29. The molecule has 1 saturated carbocycles. The molecule has 0 aromatic heterocycles. The Bertz CT molecular complexity index is 252. The number of carbonyl (C=O) groups is 1. The van der Waals surface area contributed by atoms with Crippen molar-refractivity contribution >= 4 is 5.97 Å². The Morgan fingerprint density at radius 1 is 1.44 bits per heavy atom. The number of hydrogen-bond donors (Lipinski definition) is 1. The van der Waals surface area contributed by atoms with Crippen LogP contribution >= 0.6 is 0 Å². The zero-order valence-corrected chi connectivity index (χ0v) is 12.2. The van der Waals surface area contributed by atoms with Crippen LogP contribution in [0.2, 0.25) is 0 Å². The first-order valence-electron chi connectivity index (χ1n) is 7.14. The summed E-state index contributed by atoms with van der Waals surface area (Å²) in [4.78, 5) is 14.1. The lowest BCUT2D eigenvalue weighted by molar-refractivity contribution is -0.146. The maximum absolute atomic E-state index is 11.8. The van der Waals surface area contributed by atoms with Crippen LogP contribution in [0.3, 0.4) is 0 Å². The van der Waals surface area contributed by atoms with Gasteiger partial charge in [-0.2, -0.15) is 0 Å². The molecule has 0 heterocycles. The average Bonchev–Trinajstić information content (AvgIpc) is 3.07. The van der Waals surface area contributed by atoms with Crippen molar-refractivity contribution in [2.75, 3.05) is 26.7 Å². The minimum Gasteiger partial charge on any atom is -0.465 e. The predicted octanol–water partition coefficient (Wildman–Crippen LogP) is 1.65. The summed E-state index contributed by atoms with van der Waals surface area (Å²) in [6, 6.07) is 0.125. The highest BCUT2D eigenvalue weighted by Gasteiger charge is 2.24. The van der Waals surface area contributed by atoms with Gasteiger partial charge in [-0.1, -0.05) is 13.8 Å². The number of esters is 1. The van der Waals surface area contributed by atoms with E-state index in [1.807, 2.05) is 6.92 Å². The Hall–Kier alpha value is -0.610. The Kier molecular flexibility index (Phi) is 6.65. The van der Waals surface area contributed by atoms with Crippen LogP contribution < -0.4 is 5.32 Å². The van der Waals surface area contributed by atoms with E-state index in [1.165, 1.54) is 12.8 Å². The summed E-state index contributed by atoms with van der Waals surface area (Å²) in [5, 5.41) is 3.29. The van der Waals surface area contributed by atoms with Crippen molar-refractivity contribution in [3.63, 3.8) is 0 Å². The van der Waals surface area contributed by atoms with E-state index < -0.39 is 0 Å². The summed E-state index contributed by atoms with van der Waals surface area (Å²) >= 11 is 0. The van der Waals surface area contributed by atoms with Crippen LogP contribution in [0.1, 0.15) is 40.0 Å². The van der Waals surface area contributed by atoms with Crippen LogP contribution in [0.25, 0.3) is 0 Å². The molecule has 1 fully saturated rings. The topological polar surface area (TPSA) is 41.6 Å². The third-order valence-electron chi connectivity index (χ3n) is 3.17. The highest BCUT2D eigenvalue weighted by atomic mass is 16.5. The summed E-state index contributed by atoms with van der Waals surface area (Å²) in [6.07, 6.45) is 3.56. The minimum atomic E-state index is -0.174. The van der Waals surface area contributed by atoms with E-state index in [-0.39, 0.29) is 12.0 Å². The van der Waals surface area contributed by atoms with Gasteiger partial charge in [0, 0.05) is 12.6 Å². The van der Waals surface area contributed by atoms with Crippen molar-refractivity contribution < 1.29 is 9.53 Å². The van der Waals surface area contributed by atoms with Gasteiger partial charge >= 0.3 is 5.97 Å². The van der Waals surface area contributed by atoms with Gasteiger partial charge < -0.3 is 15.0 Å². The molecule has 0 saturated heterocycles. The van der Waals surface area contributed by atoms with Crippen molar-refractivity contribution in [3.8, 4) is 0 Å². The van der Waals surface area contributed by atoms with Crippen LogP contribution in [0.4, 0.5) is 0 Å². The summed E-state index contributed by atoms with van der Waals surface area (Å²) in [6.45, 7) is 8.52. The van der Waals surface area contributed by atoms with Crippen molar-refractivity contribution in [1.29, 1.82) is 0 Å². The molecule has 1 unspecified atom stereocenters. The SMILES string of the molecule is CCOC(=O)C(CCN(C)CC1CC1)NC(C)C. The second-order valence-electron chi connectivity index (χ2n) is 5.62. The van der Waals surface area contributed by atoms with E-state index in [4.69, 9.17) is 4.74 Å². The number of nitrogens with one attached hydrogen (secondary N) is 1. The molecule has 0 spiro atoms. The molecule has 4 nitrogen and oxygen atoms in total. The van der Waals surface area contributed by atoms with Crippen LogP contribution in [0.15, 0.2) is 0 Å². The lowest BCUT2D eigenvalue weighted by Gasteiger charge is -2.23. The van der Waals surface area contributed by atoms with E-state index in [1.54, 1.807) is 0 Å². The van der Waals surface area contributed by atoms with Gasteiger partial charge in [0.05, 0.1) is 6.61 Å². The molecule has 106 valence electrons. The number of rotatable bonds is 9. The molecule has 0 aliphatic heterocycles. The second-order valence-corrected chi connectivity index (χ2v) is 5.62. The third-order valence-corrected chi connectivity index (χ3v) is 3.17. The standard InChI is InChI=1S/C14H28N2O2/c1-5-18-14(17)13(15-11(2)3)8-9-16(4)10-12-6-7-12/h11-13,15H,5-10H2,1-4H3. The smallest absolute Gasteiger partial charge is 0.323 e. The first kappa shape index (κ1) is 15.4. The molecule has 1 rings (SSSR count). The Balaban J connectivity index is 2.31. The molecule has 1 N–H and O–H groups in total. The first-order chi connectivity index (χ1) is 8.52. The average molecular weight is 256 g/mol. The Morgan fingerprint density at radius 3 is 2.61 bits per heavy atom. The molecule has 0 aromatic carbocycles. The molecule has 0 amide bonds. The number of ether oxygens (including phenoxy) is 1. The van der Waals surface area contributed by atoms with Gasteiger partial charge in [0.15, 0.2) is 0 Å². The maximum atomic E-state index is 11.8. The molecule has 1 aliphatic rings. The van der Waals surface area contributed by atoms with Gasteiger partial charge in [0.1, 0.15) is 6.04 Å². The predicted molar refractivity (Wildman–Crippen MR) is 73.5 cm³/mol. The monoisotopic (exact) mass is 256 g/mol. The van der Waals surface area contributed by atoms with Gasteiger partial charge in [-0.05, 0) is 45.7 Å². The third kappa shape index (κ3) is 6.36. The molecule has 18 heavy (non-hydrogen) atoms. The molecular weight excluding hydrogens is 228 g/mol. The summed E-state index contributed by atoms with van der Waals surface area (Å²) in [5.41, 5.74) is 0. The van der Waals surface area contributed by atoms with Gasteiger partial charge in [-0.25, -0.2) is 0 Å². The lowest BCUT2D eigenvalue weighted by atomic mass is 10.1. The van der Waals surface area contributed by atoms with Crippen LogP contribution in [0.5, 0.6) is 0 Å². The zero-order valence-electron chi connectivity index (χ0n) is 12.2. The fourth-order valence-corrected chi connectivity index (χ4v) is 2.10. The molecule has 0 bridgehead atoms. The lowest BCUT2D eigenvalue weighted by Crippen LogP contribution is -2.44. The van der Waals surface area contributed by atoms with Crippen LogP contribution in [0, 0.1) is 5.92 Å². The second kappa shape index (κ2) is 7.74. The zero-order chi connectivity index (χ0) is 13.5. The molecular formula is C14H28N2O2. The van der Waals surface area contributed by atoms with E-state index in [2.05, 4.69) is 31.1 Å². The van der Waals surface area contributed by atoms with Gasteiger partial charge in [-0.15, -0.1) is 0 Å². The normalized spacial score (nSPS) is 17.2. The molecule has 1 aliphatic carbocycles. The molecule has 1 atom stereocenters. The fourth-order valence-electron chi connectivity index (χ4n) is 2.10. The van der Waals surface area contributed by atoms with Gasteiger partial charge in [-0.3, -0.25) is 4.79 Å². The summed E-state index contributed by atoms with van der Waals surface area (Å²) in [5.74, 6) is 0.778. The molecule has 0 aromatic rings. The van der Waals surface area contributed by atoms with Gasteiger partial charge in [0.2, 0.25) is 0 Å². The van der Waals surface area contributed by atoms with Crippen molar-refractivity contribution in [3.05, 3.63) is 0 Å². The van der Waals surface area contributed by atoms with Crippen molar-refractivity contribution in [1.82, 2.24) is 10.2 Å². The quantitative estimate of drug-likeness (QED) is 0.637. The fraction of sp³-hybridized carbons (Fsp3) is 0.929. The van der Waals surface area contributed by atoms with Crippen LogP contribution in [-0.2, 0) is 9.53 Å². The summed E-state index contributed by atoms with van der Waals surface area (Å²) < 4.78 is 5.11. The van der Waals surface area contributed by atoms with Crippen molar-refractivity contribution in [2.24, 2.45) is 5.92 Å². The highest BCUT2D eigenvalue weighted by molar-refractivity contribution is 5.75. The van der Waals surface area contributed by atoms with E-state index in [0.717, 1.165) is 25.4 Å². The minimum absolute atomic E-state index is 0.119. The van der Waals surface area contributed by atoms with E-state index >= 15 is 0 Å².